The van der Waals surface area contributed by atoms with Gasteiger partial charge < -0.3 is 0 Å². The van der Waals surface area contributed by atoms with Crippen molar-refractivity contribution in [2.24, 2.45) is 7.05 Å². The maximum atomic E-state index is 12.2. The van der Waals surface area contributed by atoms with E-state index in [1.54, 1.807) is 13.1 Å². The van der Waals surface area contributed by atoms with Crippen LogP contribution in [0.25, 0.3) is 0 Å². The fourth-order valence-corrected chi connectivity index (χ4v) is 2.57. The number of rotatable bonds is 3. The number of hydrogen-bond acceptors (Lipinski definition) is 5. The summed E-state index contributed by atoms with van der Waals surface area (Å²) in [7, 11) is 1.64. The molecule has 0 aliphatic rings. The lowest BCUT2D eigenvalue weighted by Gasteiger charge is -2.09. The average molecular weight is 298 g/mol. The van der Waals surface area contributed by atoms with Gasteiger partial charge in [-0.2, -0.15) is 0 Å². The Morgan fingerprint density at radius 3 is 2.79 bits per heavy atom. The summed E-state index contributed by atoms with van der Waals surface area (Å²) in [6.07, 6.45) is 1.91. The minimum Gasteiger partial charge on any atom is -0.289 e. The molecule has 2 rings (SSSR count). The predicted molar refractivity (Wildman–Crippen MR) is 74.7 cm³/mol. The lowest BCUT2D eigenvalue weighted by atomic mass is 10.1. The number of benzene rings is 1. The zero-order valence-corrected chi connectivity index (χ0v) is 12.2. The second-order valence-electron chi connectivity index (χ2n) is 3.91. The summed E-state index contributed by atoms with van der Waals surface area (Å²) in [6, 6.07) is 3.68. The molecule has 0 radical (unpaired) electrons. The summed E-state index contributed by atoms with van der Waals surface area (Å²) >= 11 is 7.71. The molecule has 1 N–H and O–H groups in total. The van der Waals surface area contributed by atoms with Gasteiger partial charge in [0, 0.05) is 11.9 Å². The molecule has 2 aromatic rings. The van der Waals surface area contributed by atoms with E-state index in [0.717, 1.165) is 10.5 Å². The second-order valence-corrected chi connectivity index (χ2v) is 5.13. The molecule has 0 saturated heterocycles. The first-order valence-corrected chi connectivity index (χ1v) is 7.01. The Morgan fingerprint density at radius 2 is 2.21 bits per heavy atom. The first kappa shape index (κ1) is 13.8. The molecule has 100 valence electrons. The molecule has 1 aromatic heterocycles. The lowest BCUT2D eigenvalue weighted by molar-refractivity contribution is 0.102. The number of nitrogens with one attached hydrogen (secondary N) is 1. The molecule has 0 aliphatic heterocycles. The minimum atomic E-state index is -0.332. The first-order chi connectivity index (χ1) is 9.02. The van der Waals surface area contributed by atoms with Crippen molar-refractivity contribution in [2.75, 3.05) is 11.6 Å². The highest BCUT2D eigenvalue weighted by Crippen LogP contribution is 2.30. The Bertz CT molecular complexity index is 628. The number of carbonyl (C=O) groups excluding carboxylic acids is 1. The van der Waals surface area contributed by atoms with Crippen molar-refractivity contribution in [3.8, 4) is 0 Å². The van der Waals surface area contributed by atoms with Crippen molar-refractivity contribution in [3.63, 3.8) is 0 Å². The van der Waals surface area contributed by atoms with E-state index in [9.17, 15) is 4.79 Å². The first-order valence-electron chi connectivity index (χ1n) is 5.40. The maximum Gasteiger partial charge on any atom is 0.259 e. The van der Waals surface area contributed by atoms with Crippen LogP contribution in [0.1, 0.15) is 15.9 Å². The number of nitrogens with zero attached hydrogens (tertiary/aromatic N) is 4. The molecule has 8 heteroatoms. The smallest absolute Gasteiger partial charge is 0.259 e. The van der Waals surface area contributed by atoms with Crippen molar-refractivity contribution in [1.82, 2.24) is 20.2 Å². The molecule has 0 spiro atoms. The molecule has 0 saturated carbocycles. The predicted octanol–water partition coefficient (Wildman–Crippen LogP) is 2.15. The number of anilines is 1. The Kier molecular flexibility index (Phi) is 4.06. The number of amides is 1. The minimum absolute atomic E-state index is 0.272. The van der Waals surface area contributed by atoms with Crippen LogP contribution >= 0.6 is 23.4 Å². The van der Waals surface area contributed by atoms with E-state index in [4.69, 9.17) is 11.6 Å². The van der Waals surface area contributed by atoms with Gasteiger partial charge in [0.2, 0.25) is 5.95 Å². The van der Waals surface area contributed by atoms with E-state index < -0.39 is 0 Å². The molecular formula is C11H12ClN5OS. The van der Waals surface area contributed by atoms with Crippen LogP contribution in [0.5, 0.6) is 0 Å². The van der Waals surface area contributed by atoms with Crippen LogP contribution < -0.4 is 5.32 Å². The molecule has 1 aromatic carbocycles. The van der Waals surface area contributed by atoms with Gasteiger partial charge in [0.15, 0.2) is 0 Å². The largest absolute Gasteiger partial charge is 0.289 e. The van der Waals surface area contributed by atoms with Crippen LogP contribution in [0, 0.1) is 6.92 Å². The summed E-state index contributed by atoms with van der Waals surface area (Å²) in [5.41, 5.74) is 1.38. The van der Waals surface area contributed by atoms with E-state index >= 15 is 0 Å². The molecule has 6 nitrogen and oxygen atoms in total. The third-order valence-corrected chi connectivity index (χ3v) is 3.77. The number of tetrazole rings is 1. The normalized spacial score (nSPS) is 10.5. The van der Waals surface area contributed by atoms with Gasteiger partial charge in [-0.25, -0.2) is 4.68 Å². The molecule has 0 fully saturated rings. The average Bonchev–Trinajstić information content (AvgIpc) is 2.77. The topological polar surface area (TPSA) is 72.7 Å². The third kappa shape index (κ3) is 2.87. The van der Waals surface area contributed by atoms with E-state index in [1.165, 1.54) is 16.4 Å². The highest BCUT2D eigenvalue weighted by atomic mass is 35.5. The fraction of sp³-hybridized carbons (Fsp3) is 0.273. The van der Waals surface area contributed by atoms with Gasteiger partial charge in [-0.15, -0.1) is 11.8 Å². The molecule has 1 heterocycles. The molecule has 0 aliphatic carbocycles. The standard InChI is InChI=1S/C11H12ClN5OS/c1-6-4-7(9(12)8(5-6)19-3)10(18)13-11-14-15-16-17(11)2/h4-5H,1-3H3,(H,13,14,16,18). The Hall–Kier alpha value is -1.60. The van der Waals surface area contributed by atoms with Gasteiger partial charge in [-0.05, 0) is 41.3 Å². The number of hydrogen-bond donors (Lipinski definition) is 1. The van der Waals surface area contributed by atoms with Gasteiger partial charge in [-0.3, -0.25) is 10.1 Å². The van der Waals surface area contributed by atoms with E-state index in [2.05, 4.69) is 20.8 Å². The third-order valence-electron chi connectivity index (χ3n) is 2.49. The zero-order chi connectivity index (χ0) is 14.0. The fourth-order valence-electron chi connectivity index (χ4n) is 1.55. The van der Waals surface area contributed by atoms with Crippen molar-refractivity contribution in [3.05, 3.63) is 28.3 Å². The molecule has 0 atom stereocenters. The van der Waals surface area contributed by atoms with Crippen molar-refractivity contribution >= 4 is 35.2 Å². The summed E-state index contributed by atoms with van der Waals surface area (Å²) in [5, 5.41) is 13.8. The number of carbonyl (C=O) groups is 1. The second kappa shape index (κ2) is 5.58. The van der Waals surface area contributed by atoms with Gasteiger partial charge in [0.1, 0.15) is 0 Å². The van der Waals surface area contributed by atoms with E-state index in [-0.39, 0.29) is 11.9 Å². The SMILES string of the molecule is CSc1cc(C)cc(C(=O)Nc2nnnn2C)c1Cl. The van der Waals surface area contributed by atoms with E-state index in [1.807, 2.05) is 19.2 Å². The molecular weight excluding hydrogens is 286 g/mol. The van der Waals surface area contributed by atoms with Gasteiger partial charge in [0.05, 0.1) is 10.6 Å². The van der Waals surface area contributed by atoms with Crippen LogP contribution in [0.4, 0.5) is 5.95 Å². The Morgan fingerprint density at radius 1 is 1.47 bits per heavy atom. The highest BCUT2D eigenvalue weighted by molar-refractivity contribution is 7.98. The number of thioether (sulfide) groups is 1. The molecule has 0 bridgehead atoms. The van der Waals surface area contributed by atoms with Crippen LogP contribution in [-0.2, 0) is 7.05 Å². The number of halogens is 1. The molecule has 1 amide bonds. The Labute approximate surface area is 119 Å². The lowest BCUT2D eigenvalue weighted by Crippen LogP contribution is -2.16. The van der Waals surface area contributed by atoms with Crippen molar-refractivity contribution in [2.45, 2.75) is 11.8 Å². The van der Waals surface area contributed by atoms with Gasteiger partial charge >= 0.3 is 0 Å². The quantitative estimate of drug-likeness (QED) is 0.879. The van der Waals surface area contributed by atoms with Crippen molar-refractivity contribution < 1.29 is 4.79 Å². The molecule has 0 unspecified atom stereocenters. The summed E-state index contributed by atoms with van der Waals surface area (Å²) in [6.45, 7) is 1.91. The van der Waals surface area contributed by atoms with Gasteiger partial charge in [0.25, 0.3) is 5.91 Å². The van der Waals surface area contributed by atoms with Crippen LogP contribution in [-0.4, -0.2) is 32.4 Å². The highest BCUT2D eigenvalue weighted by Gasteiger charge is 2.16. The summed E-state index contributed by atoms with van der Waals surface area (Å²) in [4.78, 5) is 13.1. The Balaban J connectivity index is 2.34. The maximum absolute atomic E-state index is 12.2. The summed E-state index contributed by atoms with van der Waals surface area (Å²) in [5.74, 6) is -0.0600. The zero-order valence-electron chi connectivity index (χ0n) is 10.6. The van der Waals surface area contributed by atoms with E-state index in [0.29, 0.717) is 10.6 Å². The van der Waals surface area contributed by atoms with Crippen LogP contribution in [0.15, 0.2) is 17.0 Å². The molecule has 19 heavy (non-hydrogen) atoms. The van der Waals surface area contributed by atoms with Crippen LogP contribution in [0.3, 0.4) is 0 Å². The number of aromatic nitrogens is 4. The van der Waals surface area contributed by atoms with Crippen LogP contribution in [0.2, 0.25) is 5.02 Å². The van der Waals surface area contributed by atoms with Crippen molar-refractivity contribution in [1.29, 1.82) is 0 Å². The number of aryl methyl sites for hydroxylation is 2. The van der Waals surface area contributed by atoms with Gasteiger partial charge in [-0.1, -0.05) is 16.7 Å². The monoisotopic (exact) mass is 297 g/mol. The summed E-state index contributed by atoms with van der Waals surface area (Å²) < 4.78 is 1.37.